The van der Waals surface area contributed by atoms with Crippen LogP contribution >= 0.6 is 12.4 Å². The van der Waals surface area contributed by atoms with Gasteiger partial charge in [-0.25, -0.2) is 12.8 Å². The molecule has 11 heteroatoms. The van der Waals surface area contributed by atoms with E-state index in [2.05, 4.69) is 20.7 Å². The third kappa shape index (κ3) is 4.86. The second-order valence-electron chi connectivity index (χ2n) is 5.66. The molecule has 2 heterocycles. The number of sulfone groups is 1. The normalized spacial score (nSPS) is 15.6. The average Bonchev–Trinajstić information content (AvgIpc) is 3.02. The van der Waals surface area contributed by atoms with Gasteiger partial charge < -0.3 is 10.1 Å². The lowest BCUT2D eigenvalue weighted by molar-refractivity contribution is 0.275. The molecule has 1 aliphatic rings. The molecule has 0 unspecified atom stereocenters. The standard InChI is InChI=1S/C14H18FN5O3S.ClH/c1-24(21,22)11-2-3-13(12(15)8-11)23-9-14-17-19-20(18-14)10-4-6-16-7-5-10;/h2-3,8,10,16H,4-7,9H2,1H3;1H. The molecule has 25 heavy (non-hydrogen) atoms. The maximum Gasteiger partial charge on any atom is 0.212 e. The van der Waals surface area contributed by atoms with Crippen LogP contribution in [0.5, 0.6) is 5.75 Å². The van der Waals surface area contributed by atoms with Crippen molar-refractivity contribution in [2.75, 3.05) is 19.3 Å². The molecule has 1 N–H and O–H groups in total. The summed E-state index contributed by atoms with van der Waals surface area (Å²) in [5, 5.41) is 15.4. The summed E-state index contributed by atoms with van der Waals surface area (Å²) in [7, 11) is -3.46. The van der Waals surface area contributed by atoms with Gasteiger partial charge in [0.25, 0.3) is 0 Å². The summed E-state index contributed by atoms with van der Waals surface area (Å²) in [6, 6.07) is 3.72. The maximum absolute atomic E-state index is 13.9. The first-order chi connectivity index (χ1) is 11.4. The molecule has 0 radical (unpaired) electrons. The van der Waals surface area contributed by atoms with Gasteiger partial charge >= 0.3 is 0 Å². The van der Waals surface area contributed by atoms with Crippen LogP contribution in [-0.2, 0) is 16.4 Å². The van der Waals surface area contributed by atoms with E-state index in [0.29, 0.717) is 5.82 Å². The molecular formula is C14H19ClFN5O3S. The van der Waals surface area contributed by atoms with E-state index in [1.54, 1.807) is 4.80 Å². The van der Waals surface area contributed by atoms with Crippen molar-refractivity contribution in [2.24, 2.45) is 0 Å². The van der Waals surface area contributed by atoms with Crippen molar-refractivity contribution >= 4 is 22.2 Å². The lowest BCUT2D eigenvalue weighted by Gasteiger charge is -2.20. The van der Waals surface area contributed by atoms with Gasteiger partial charge in [0.05, 0.1) is 10.9 Å². The Labute approximate surface area is 151 Å². The highest BCUT2D eigenvalue weighted by Crippen LogP contribution is 2.22. The number of ether oxygens (including phenoxy) is 1. The van der Waals surface area contributed by atoms with Gasteiger partial charge in [0.15, 0.2) is 28.0 Å². The Morgan fingerprint density at radius 2 is 2.08 bits per heavy atom. The molecule has 8 nitrogen and oxygen atoms in total. The van der Waals surface area contributed by atoms with Crippen molar-refractivity contribution < 1.29 is 17.5 Å². The van der Waals surface area contributed by atoms with Crippen molar-refractivity contribution in [3.8, 4) is 5.75 Å². The van der Waals surface area contributed by atoms with Crippen LogP contribution in [0.2, 0.25) is 0 Å². The molecule has 138 valence electrons. The molecule has 1 aromatic carbocycles. The first-order valence-electron chi connectivity index (χ1n) is 7.55. The van der Waals surface area contributed by atoms with Gasteiger partial charge in [-0.05, 0) is 49.3 Å². The number of hydrogen-bond donors (Lipinski definition) is 1. The van der Waals surface area contributed by atoms with E-state index >= 15 is 0 Å². The summed E-state index contributed by atoms with van der Waals surface area (Å²) < 4.78 is 42.0. The van der Waals surface area contributed by atoms with E-state index in [1.807, 2.05) is 0 Å². The largest absolute Gasteiger partial charge is 0.482 e. The highest BCUT2D eigenvalue weighted by molar-refractivity contribution is 7.90. The van der Waals surface area contributed by atoms with E-state index in [1.165, 1.54) is 12.1 Å². The average molecular weight is 392 g/mol. The molecule has 0 spiro atoms. The van der Waals surface area contributed by atoms with Gasteiger partial charge in [-0.1, -0.05) is 0 Å². The third-order valence-electron chi connectivity index (χ3n) is 3.79. The van der Waals surface area contributed by atoms with E-state index in [4.69, 9.17) is 4.74 Å². The van der Waals surface area contributed by atoms with Crippen LogP contribution in [0.3, 0.4) is 0 Å². The van der Waals surface area contributed by atoms with Crippen molar-refractivity contribution in [3.63, 3.8) is 0 Å². The van der Waals surface area contributed by atoms with E-state index in [0.717, 1.165) is 38.3 Å². The smallest absolute Gasteiger partial charge is 0.212 e. The van der Waals surface area contributed by atoms with Crippen molar-refractivity contribution in [3.05, 3.63) is 29.8 Å². The van der Waals surface area contributed by atoms with Gasteiger partial charge in [0.2, 0.25) is 5.82 Å². The number of nitrogens with one attached hydrogen (secondary N) is 1. The number of halogens is 2. The Balaban J connectivity index is 0.00000225. The fourth-order valence-corrected chi connectivity index (χ4v) is 3.11. The van der Waals surface area contributed by atoms with Crippen LogP contribution < -0.4 is 10.1 Å². The van der Waals surface area contributed by atoms with E-state index in [-0.39, 0.29) is 35.7 Å². The summed E-state index contributed by atoms with van der Waals surface area (Å²) >= 11 is 0. The number of nitrogens with zero attached hydrogens (tertiary/aromatic N) is 4. The minimum atomic E-state index is -3.46. The van der Waals surface area contributed by atoms with Crippen LogP contribution in [0.25, 0.3) is 0 Å². The van der Waals surface area contributed by atoms with Crippen molar-refractivity contribution in [1.82, 2.24) is 25.5 Å². The molecular weight excluding hydrogens is 373 g/mol. The highest BCUT2D eigenvalue weighted by Gasteiger charge is 2.18. The minimum Gasteiger partial charge on any atom is -0.482 e. The molecule has 0 saturated carbocycles. The zero-order chi connectivity index (χ0) is 17.2. The lowest BCUT2D eigenvalue weighted by atomic mass is 10.1. The Morgan fingerprint density at radius 1 is 1.36 bits per heavy atom. The summed E-state index contributed by atoms with van der Waals surface area (Å²) in [5.41, 5.74) is 0. The predicted octanol–water partition coefficient (Wildman–Crippen LogP) is 1.14. The van der Waals surface area contributed by atoms with Gasteiger partial charge in [-0.3, -0.25) is 0 Å². The second kappa shape index (κ2) is 8.07. The molecule has 0 aliphatic carbocycles. The zero-order valence-electron chi connectivity index (χ0n) is 13.6. The molecule has 2 aromatic rings. The first-order valence-corrected chi connectivity index (χ1v) is 9.44. The molecule has 1 aliphatic heterocycles. The van der Waals surface area contributed by atoms with Gasteiger partial charge in [0.1, 0.15) is 0 Å². The summed E-state index contributed by atoms with van der Waals surface area (Å²) in [6.07, 6.45) is 2.88. The van der Waals surface area contributed by atoms with E-state index in [9.17, 15) is 12.8 Å². The number of tetrazole rings is 1. The molecule has 1 saturated heterocycles. The third-order valence-corrected chi connectivity index (χ3v) is 4.90. The van der Waals surface area contributed by atoms with Gasteiger partial charge in [-0.15, -0.1) is 22.6 Å². The minimum absolute atomic E-state index is 0. The molecule has 1 fully saturated rings. The highest BCUT2D eigenvalue weighted by atomic mass is 35.5. The summed E-state index contributed by atoms with van der Waals surface area (Å²) in [4.78, 5) is 1.48. The molecule has 0 bridgehead atoms. The summed E-state index contributed by atoms with van der Waals surface area (Å²) in [6.45, 7) is 1.78. The molecule has 0 atom stereocenters. The van der Waals surface area contributed by atoms with Gasteiger partial charge in [-0.2, -0.15) is 4.80 Å². The lowest BCUT2D eigenvalue weighted by Crippen LogP contribution is -2.30. The zero-order valence-corrected chi connectivity index (χ0v) is 15.2. The van der Waals surface area contributed by atoms with Crippen LogP contribution in [0.1, 0.15) is 24.7 Å². The van der Waals surface area contributed by atoms with Crippen LogP contribution in [0, 0.1) is 5.82 Å². The monoisotopic (exact) mass is 391 g/mol. The fourth-order valence-electron chi connectivity index (χ4n) is 2.48. The Bertz CT molecular complexity index is 824. The Kier molecular flexibility index (Phi) is 6.31. The topological polar surface area (TPSA) is 99.0 Å². The molecule has 0 amide bonds. The number of rotatable bonds is 5. The van der Waals surface area contributed by atoms with Crippen LogP contribution in [0.4, 0.5) is 4.39 Å². The number of aromatic nitrogens is 4. The number of piperidine rings is 1. The first kappa shape index (κ1) is 19.5. The molecule has 1 aromatic heterocycles. The van der Waals surface area contributed by atoms with Crippen LogP contribution in [-0.4, -0.2) is 48.0 Å². The fraction of sp³-hybridized carbons (Fsp3) is 0.500. The SMILES string of the molecule is CS(=O)(=O)c1ccc(OCc2nnn(C3CCNCC3)n2)c(F)c1.Cl. The predicted molar refractivity (Wildman–Crippen MR) is 90.0 cm³/mol. The van der Waals surface area contributed by atoms with Crippen molar-refractivity contribution in [1.29, 1.82) is 0 Å². The summed E-state index contributed by atoms with van der Waals surface area (Å²) in [5.74, 6) is -0.454. The Hall–Kier alpha value is -1.78. The van der Waals surface area contributed by atoms with Crippen molar-refractivity contribution in [2.45, 2.75) is 30.4 Å². The molecule has 3 rings (SSSR count). The van der Waals surface area contributed by atoms with Gasteiger partial charge in [0, 0.05) is 6.26 Å². The quantitative estimate of drug-likeness (QED) is 0.815. The van der Waals surface area contributed by atoms with Crippen LogP contribution in [0.15, 0.2) is 23.1 Å². The second-order valence-corrected chi connectivity index (χ2v) is 7.68. The number of hydrogen-bond acceptors (Lipinski definition) is 7. The Morgan fingerprint density at radius 3 is 2.72 bits per heavy atom. The van der Waals surface area contributed by atoms with E-state index < -0.39 is 15.7 Å². The number of benzene rings is 1. The maximum atomic E-state index is 13.9.